The van der Waals surface area contributed by atoms with Gasteiger partial charge in [0.2, 0.25) is 0 Å². The van der Waals surface area contributed by atoms with Gasteiger partial charge in [0, 0.05) is 19.3 Å². The number of thioether (sulfide) groups is 1. The molecule has 3 heterocycles. The molecule has 0 bridgehead atoms. The lowest BCUT2D eigenvalue weighted by Gasteiger charge is -2.14. The monoisotopic (exact) mass is 490 g/mol. The second-order valence-electron chi connectivity index (χ2n) is 7.72. The summed E-state index contributed by atoms with van der Waals surface area (Å²) in [7, 11) is 0. The van der Waals surface area contributed by atoms with Crippen molar-refractivity contribution in [3.8, 4) is 0 Å². The molecule has 3 rings (SSSR count). The fraction of sp³-hybridized carbons (Fsp3) is 0.478. The number of aliphatic hydroxyl groups excluding tert-OH is 1. The Kier molecular flexibility index (Phi) is 9.42. The van der Waals surface area contributed by atoms with Gasteiger partial charge in [-0.25, -0.2) is 4.98 Å². The number of fused-ring (bicyclic) bond motifs is 1. The Labute approximate surface area is 203 Å². The van der Waals surface area contributed by atoms with Crippen molar-refractivity contribution in [1.82, 2.24) is 14.3 Å². The van der Waals surface area contributed by atoms with E-state index in [1.165, 1.54) is 16.2 Å². The minimum atomic E-state index is -0.268. The Morgan fingerprint density at radius 2 is 2.09 bits per heavy atom. The van der Waals surface area contributed by atoms with Gasteiger partial charge in [0.1, 0.15) is 15.8 Å². The summed E-state index contributed by atoms with van der Waals surface area (Å²) in [6.45, 7) is 5.54. The van der Waals surface area contributed by atoms with E-state index < -0.39 is 0 Å². The van der Waals surface area contributed by atoms with Crippen LogP contribution in [0.4, 0.5) is 5.82 Å². The zero-order valence-electron chi connectivity index (χ0n) is 19.0. The molecule has 1 amide bonds. The number of hydrogen-bond donors (Lipinski definition) is 2. The maximum atomic E-state index is 13.3. The van der Waals surface area contributed by atoms with Crippen molar-refractivity contribution in [3.63, 3.8) is 0 Å². The van der Waals surface area contributed by atoms with Crippen LogP contribution in [-0.4, -0.2) is 62.5 Å². The molecule has 1 aliphatic heterocycles. The summed E-state index contributed by atoms with van der Waals surface area (Å²) in [5.74, 6) is 0.211. The van der Waals surface area contributed by atoms with Crippen LogP contribution >= 0.6 is 24.0 Å². The summed E-state index contributed by atoms with van der Waals surface area (Å²) in [4.78, 5) is 33.1. The third-order valence-corrected chi connectivity index (χ3v) is 6.62. The van der Waals surface area contributed by atoms with Crippen LogP contribution in [0.25, 0.3) is 11.7 Å². The molecule has 0 unspecified atom stereocenters. The summed E-state index contributed by atoms with van der Waals surface area (Å²) in [5.41, 5.74) is 1.43. The minimum absolute atomic E-state index is 0.0553. The van der Waals surface area contributed by atoms with E-state index >= 15 is 0 Å². The van der Waals surface area contributed by atoms with Crippen molar-refractivity contribution in [2.24, 2.45) is 0 Å². The molecule has 2 aromatic rings. The Hall–Kier alpha value is -2.27. The molecule has 8 nitrogen and oxygen atoms in total. The van der Waals surface area contributed by atoms with Gasteiger partial charge in [-0.2, -0.15) is 0 Å². The number of aromatic nitrogens is 2. The first kappa shape index (κ1) is 25.4. The van der Waals surface area contributed by atoms with E-state index in [1.807, 2.05) is 13.0 Å². The summed E-state index contributed by atoms with van der Waals surface area (Å²) in [6.07, 6.45) is 7.45. The number of aliphatic hydroxyl groups is 1. The molecule has 2 aromatic heterocycles. The minimum Gasteiger partial charge on any atom is -0.394 e. The number of thiocarbonyl (C=S) groups is 1. The molecule has 1 aliphatic rings. The molecule has 0 spiro atoms. The van der Waals surface area contributed by atoms with E-state index in [4.69, 9.17) is 22.1 Å². The van der Waals surface area contributed by atoms with Gasteiger partial charge in [0.15, 0.2) is 0 Å². The molecule has 0 aliphatic carbocycles. The Bertz CT molecular complexity index is 1100. The summed E-state index contributed by atoms with van der Waals surface area (Å²) in [5, 5.41) is 12.0. The highest BCUT2D eigenvalue weighted by Crippen LogP contribution is 2.33. The third kappa shape index (κ3) is 6.20. The van der Waals surface area contributed by atoms with Gasteiger partial charge in [-0.1, -0.05) is 56.2 Å². The predicted molar refractivity (Wildman–Crippen MR) is 137 cm³/mol. The number of amides is 1. The van der Waals surface area contributed by atoms with E-state index in [-0.39, 0.29) is 24.7 Å². The van der Waals surface area contributed by atoms with E-state index in [1.54, 1.807) is 23.2 Å². The zero-order chi connectivity index (χ0) is 23.8. The topological polar surface area (TPSA) is 96.2 Å². The van der Waals surface area contributed by atoms with Gasteiger partial charge >= 0.3 is 0 Å². The Balaban J connectivity index is 1.92. The Morgan fingerprint density at radius 1 is 1.27 bits per heavy atom. The molecule has 10 heteroatoms. The first-order valence-corrected chi connectivity index (χ1v) is 12.4. The standard InChI is InChI=1S/C23H30N4O4S2/c1-3-4-5-6-10-27-22(30)18(33-23(27)32)15-17-19(24-9-13-31-14-12-28)25-20-16(2)8-7-11-26(20)21(17)29/h7-8,11,15,24,28H,3-6,9-10,12-14H2,1-2H3. The van der Waals surface area contributed by atoms with Crippen molar-refractivity contribution >= 4 is 51.7 Å². The third-order valence-electron chi connectivity index (χ3n) is 5.24. The quantitative estimate of drug-likeness (QED) is 0.266. The second-order valence-corrected chi connectivity index (χ2v) is 9.40. The van der Waals surface area contributed by atoms with E-state index in [2.05, 4.69) is 17.2 Å². The maximum Gasteiger partial charge on any atom is 0.267 e. The van der Waals surface area contributed by atoms with Crippen molar-refractivity contribution < 1.29 is 14.6 Å². The van der Waals surface area contributed by atoms with Crippen LogP contribution in [0.3, 0.4) is 0 Å². The molecule has 1 fully saturated rings. The van der Waals surface area contributed by atoms with Crippen molar-refractivity contribution in [2.45, 2.75) is 39.5 Å². The maximum absolute atomic E-state index is 13.3. The first-order valence-electron chi connectivity index (χ1n) is 11.2. The van der Waals surface area contributed by atoms with Gasteiger partial charge in [-0.15, -0.1) is 0 Å². The first-order chi connectivity index (χ1) is 16.0. The lowest BCUT2D eigenvalue weighted by molar-refractivity contribution is -0.122. The van der Waals surface area contributed by atoms with Crippen LogP contribution in [0.1, 0.15) is 43.7 Å². The van der Waals surface area contributed by atoms with Crippen LogP contribution < -0.4 is 10.9 Å². The van der Waals surface area contributed by atoms with Crippen LogP contribution in [0.2, 0.25) is 0 Å². The average molecular weight is 491 g/mol. The lowest BCUT2D eigenvalue weighted by atomic mass is 10.2. The van der Waals surface area contributed by atoms with Gasteiger partial charge in [-0.05, 0) is 31.1 Å². The predicted octanol–water partition coefficient (Wildman–Crippen LogP) is 3.21. The number of anilines is 1. The molecule has 2 N–H and O–H groups in total. The van der Waals surface area contributed by atoms with Gasteiger partial charge in [0.25, 0.3) is 11.5 Å². The number of aryl methyl sites for hydroxylation is 1. The lowest BCUT2D eigenvalue weighted by Crippen LogP contribution is -2.29. The molecule has 0 radical (unpaired) electrons. The fourth-order valence-corrected chi connectivity index (χ4v) is 4.80. The zero-order valence-corrected chi connectivity index (χ0v) is 20.6. The van der Waals surface area contributed by atoms with E-state index in [0.29, 0.717) is 46.0 Å². The molecule has 33 heavy (non-hydrogen) atoms. The number of ether oxygens (including phenoxy) is 1. The summed E-state index contributed by atoms with van der Waals surface area (Å²) in [6, 6.07) is 3.68. The summed E-state index contributed by atoms with van der Waals surface area (Å²) >= 11 is 6.65. The van der Waals surface area contributed by atoms with Crippen molar-refractivity contribution in [2.75, 3.05) is 38.2 Å². The molecule has 1 saturated heterocycles. The number of carbonyl (C=O) groups is 1. The highest BCUT2D eigenvalue weighted by molar-refractivity contribution is 8.26. The number of nitrogens with zero attached hydrogens (tertiary/aromatic N) is 3. The van der Waals surface area contributed by atoms with Crippen molar-refractivity contribution in [1.29, 1.82) is 0 Å². The molecule has 0 atom stereocenters. The number of carbonyl (C=O) groups excluding carboxylic acids is 1. The number of hydrogen-bond acceptors (Lipinski definition) is 8. The van der Waals surface area contributed by atoms with Crippen molar-refractivity contribution in [3.05, 3.63) is 44.7 Å². The number of unbranched alkanes of at least 4 members (excludes halogenated alkanes) is 3. The van der Waals surface area contributed by atoms with Gasteiger partial charge in [-0.3, -0.25) is 18.9 Å². The normalized spacial score (nSPS) is 15.2. The molecule has 0 saturated carbocycles. The highest BCUT2D eigenvalue weighted by Gasteiger charge is 2.32. The van der Waals surface area contributed by atoms with Gasteiger partial charge in [0.05, 0.1) is 30.3 Å². The molecule has 178 valence electrons. The van der Waals surface area contributed by atoms with Crippen LogP contribution in [-0.2, 0) is 9.53 Å². The van der Waals surface area contributed by atoms with Crippen LogP contribution in [0, 0.1) is 6.92 Å². The Morgan fingerprint density at radius 3 is 2.85 bits per heavy atom. The largest absolute Gasteiger partial charge is 0.394 e. The van der Waals surface area contributed by atoms with E-state index in [9.17, 15) is 9.59 Å². The number of pyridine rings is 1. The molecular formula is C23H30N4O4S2. The highest BCUT2D eigenvalue weighted by atomic mass is 32.2. The number of nitrogens with one attached hydrogen (secondary N) is 1. The fourth-order valence-electron chi connectivity index (χ4n) is 3.51. The van der Waals surface area contributed by atoms with E-state index in [0.717, 1.165) is 31.2 Å². The smallest absolute Gasteiger partial charge is 0.267 e. The molecular weight excluding hydrogens is 460 g/mol. The van der Waals surface area contributed by atoms with Gasteiger partial charge < -0.3 is 15.2 Å². The van der Waals surface area contributed by atoms with Crippen LogP contribution in [0.15, 0.2) is 28.0 Å². The number of rotatable bonds is 12. The average Bonchev–Trinajstić information content (AvgIpc) is 3.06. The van der Waals surface area contributed by atoms with Crippen LogP contribution in [0.5, 0.6) is 0 Å². The second kappa shape index (κ2) is 12.3. The SMILES string of the molecule is CCCCCCN1C(=O)C(=Cc2c(NCCOCCO)nc3c(C)cccn3c2=O)SC1=S. The summed E-state index contributed by atoms with van der Waals surface area (Å²) < 4.78 is 7.30. The molecule has 0 aromatic carbocycles.